The number of hydrogen-bond donors (Lipinski definition) is 2. The first-order chi connectivity index (χ1) is 7.36. The Labute approximate surface area is 91.7 Å². The molecule has 1 aliphatic carbocycles. The topological polar surface area (TPSA) is 40.7 Å². The van der Waals surface area contributed by atoms with Crippen LogP contribution >= 0.6 is 0 Å². The van der Waals surface area contributed by atoms with Gasteiger partial charge in [0.05, 0.1) is 6.33 Å². The lowest BCUT2D eigenvalue weighted by Crippen LogP contribution is -2.29. The smallest absolute Gasteiger partial charge is 0.0922 e. The number of aromatic amines is 1. The predicted octanol–water partition coefficient (Wildman–Crippen LogP) is 2.33. The van der Waals surface area contributed by atoms with Gasteiger partial charge in [-0.25, -0.2) is 4.98 Å². The fourth-order valence-corrected chi connectivity index (χ4v) is 2.47. The molecule has 1 fully saturated rings. The molecule has 1 heterocycles. The summed E-state index contributed by atoms with van der Waals surface area (Å²) in [6.07, 6.45) is 9.28. The molecule has 0 bridgehead atoms. The minimum atomic E-state index is 0.877. The first kappa shape index (κ1) is 10.7. The molecule has 1 aromatic heterocycles. The van der Waals surface area contributed by atoms with Crippen LogP contribution in [0.3, 0.4) is 0 Å². The minimum absolute atomic E-state index is 0.877. The molecule has 1 aliphatic rings. The maximum atomic E-state index is 4.01. The average molecular weight is 207 g/mol. The summed E-state index contributed by atoms with van der Waals surface area (Å²) in [5, 5.41) is 3.52. The highest BCUT2D eigenvalue weighted by atomic mass is 14.9. The number of aromatic nitrogens is 2. The van der Waals surface area contributed by atoms with Gasteiger partial charge in [0.25, 0.3) is 0 Å². The van der Waals surface area contributed by atoms with Gasteiger partial charge in [-0.05, 0) is 24.8 Å². The Morgan fingerprint density at radius 1 is 1.47 bits per heavy atom. The molecule has 3 nitrogen and oxygen atoms in total. The molecule has 2 atom stereocenters. The first-order valence-corrected chi connectivity index (χ1v) is 6.04. The largest absolute Gasteiger partial charge is 0.347 e. The monoisotopic (exact) mass is 207 g/mol. The maximum Gasteiger partial charge on any atom is 0.0922 e. The Hall–Kier alpha value is -0.830. The van der Waals surface area contributed by atoms with Gasteiger partial charge in [0, 0.05) is 18.4 Å². The Morgan fingerprint density at radius 3 is 3.07 bits per heavy atom. The number of H-pyrrole nitrogens is 1. The predicted molar refractivity (Wildman–Crippen MR) is 61.4 cm³/mol. The van der Waals surface area contributed by atoms with Crippen molar-refractivity contribution in [1.82, 2.24) is 15.3 Å². The molecule has 1 aromatic rings. The quantitative estimate of drug-likeness (QED) is 0.795. The molecule has 84 valence electrons. The van der Waals surface area contributed by atoms with Crippen LogP contribution in [0.4, 0.5) is 0 Å². The number of nitrogens with zero attached hydrogens (tertiary/aromatic N) is 1. The van der Waals surface area contributed by atoms with Crippen LogP contribution in [0.15, 0.2) is 12.5 Å². The zero-order chi connectivity index (χ0) is 10.5. The van der Waals surface area contributed by atoms with Crippen LogP contribution in [0.1, 0.15) is 38.3 Å². The van der Waals surface area contributed by atoms with E-state index in [4.69, 9.17) is 0 Å². The van der Waals surface area contributed by atoms with E-state index >= 15 is 0 Å². The van der Waals surface area contributed by atoms with E-state index in [1.54, 1.807) is 6.33 Å². The van der Waals surface area contributed by atoms with Crippen LogP contribution in [0.25, 0.3) is 0 Å². The average Bonchev–Trinajstić information content (AvgIpc) is 2.74. The molecule has 0 saturated heterocycles. The van der Waals surface area contributed by atoms with Gasteiger partial charge < -0.3 is 10.3 Å². The summed E-state index contributed by atoms with van der Waals surface area (Å²) < 4.78 is 0. The summed E-state index contributed by atoms with van der Waals surface area (Å²) >= 11 is 0. The number of rotatable bonds is 4. The second-order valence-corrected chi connectivity index (χ2v) is 4.73. The van der Waals surface area contributed by atoms with Crippen molar-refractivity contribution in [2.45, 2.75) is 39.2 Å². The van der Waals surface area contributed by atoms with E-state index in [-0.39, 0.29) is 0 Å². The minimum Gasteiger partial charge on any atom is -0.347 e. The van der Waals surface area contributed by atoms with Gasteiger partial charge in [-0.3, -0.25) is 0 Å². The normalized spacial score (nSPS) is 26.7. The lowest BCUT2D eigenvalue weighted by atomic mass is 9.80. The van der Waals surface area contributed by atoms with Crippen molar-refractivity contribution in [3.05, 3.63) is 18.2 Å². The molecule has 0 aliphatic heterocycles. The highest BCUT2D eigenvalue weighted by molar-refractivity contribution is 4.93. The van der Waals surface area contributed by atoms with E-state index in [2.05, 4.69) is 22.2 Å². The molecule has 0 radical (unpaired) electrons. The highest BCUT2D eigenvalue weighted by Crippen LogP contribution is 2.28. The molecular formula is C12H21N3. The van der Waals surface area contributed by atoms with E-state index in [0.29, 0.717) is 0 Å². The van der Waals surface area contributed by atoms with E-state index in [1.165, 1.54) is 31.4 Å². The van der Waals surface area contributed by atoms with Crippen LogP contribution in [0.5, 0.6) is 0 Å². The summed E-state index contributed by atoms with van der Waals surface area (Å²) in [5.41, 5.74) is 1.18. The molecule has 2 rings (SSSR count). The summed E-state index contributed by atoms with van der Waals surface area (Å²) in [7, 11) is 0. The summed E-state index contributed by atoms with van der Waals surface area (Å²) in [4.78, 5) is 7.12. The van der Waals surface area contributed by atoms with Gasteiger partial charge in [0.2, 0.25) is 0 Å². The van der Waals surface area contributed by atoms with Crippen molar-refractivity contribution < 1.29 is 0 Å². The molecule has 2 N–H and O–H groups in total. The molecule has 2 unspecified atom stereocenters. The third kappa shape index (κ3) is 3.06. The van der Waals surface area contributed by atoms with Crippen molar-refractivity contribution in [1.29, 1.82) is 0 Å². The van der Waals surface area contributed by atoms with E-state index in [1.807, 2.05) is 6.20 Å². The summed E-state index contributed by atoms with van der Waals surface area (Å²) in [5.74, 6) is 1.77. The lowest BCUT2D eigenvalue weighted by Gasteiger charge is -2.28. The molecule has 0 aromatic carbocycles. The van der Waals surface area contributed by atoms with Gasteiger partial charge in [-0.1, -0.05) is 26.2 Å². The van der Waals surface area contributed by atoms with Gasteiger partial charge >= 0.3 is 0 Å². The van der Waals surface area contributed by atoms with Crippen molar-refractivity contribution in [3.8, 4) is 0 Å². The zero-order valence-corrected chi connectivity index (χ0v) is 9.50. The van der Waals surface area contributed by atoms with Crippen molar-refractivity contribution in [2.75, 3.05) is 6.54 Å². The fourth-order valence-electron chi connectivity index (χ4n) is 2.47. The van der Waals surface area contributed by atoms with Gasteiger partial charge in [-0.2, -0.15) is 0 Å². The third-order valence-electron chi connectivity index (χ3n) is 3.57. The third-order valence-corrected chi connectivity index (χ3v) is 3.57. The summed E-state index contributed by atoms with van der Waals surface area (Å²) in [6, 6.07) is 0. The molecule has 0 amide bonds. The van der Waals surface area contributed by atoms with Crippen LogP contribution < -0.4 is 5.32 Å². The van der Waals surface area contributed by atoms with Gasteiger partial charge in [-0.15, -0.1) is 0 Å². The van der Waals surface area contributed by atoms with Crippen molar-refractivity contribution in [3.63, 3.8) is 0 Å². The zero-order valence-electron chi connectivity index (χ0n) is 9.50. The van der Waals surface area contributed by atoms with Crippen LogP contribution in [0.2, 0.25) is 0 Å². The van der Waals surface area contributed by atoms with Crippen LogP contribution in [-0.2, 0) is 6.54 Å². The van der Waals surface area contributed by atoms with E-state index in [9.17, 15) is 0 Å². The van der Waals surface area contributed by atoms with E-state index in [0.717, 1.165) is 24.9 Å². The SMILES string of the molecule is CC1CCCCC1CNCc1cnc[nH]1. The molecular weight excluding hydrogens is 186 g/mol. The maximum absolute atomic E-state index is 4.01. The van der Waals surface area contributed by atoms with E-state index < -0.39 is 0 Å². The van der Waals surface area contributed by atoms with Gasteiger partial charge in [0.1, 0.15) is 0 Å². The number of nitrogens with one attached hydrogen (secondary N) is 2. The number of imidazole rings is 1. The molecule has 3 heteroatoms. The standard InChI is InChI=1S/C12H21N3/c1-10-4-2-3-5-11(10)6-13-7-12-8-14-9-15-12/h8-11,13H,2-7H2,1H3,(H,14,15). The van der Waals surface area contributed by atoms with Crippen LogP contribution in [-0.4, -0.2) is 16.5 Å². The molecule has 1 saturated carbocycles. The Balaban J connectivity index is 1.68. The fraction of sp³-hybridized carbons (Fsp3) is 0.750. The first-order valence-electron chi connectivity index (χ1n) is 6.04. The molecule has 15 heavy (non-hydrogen) atoms. The molecule has 0 spiro atoms. The van der Waals surface area contributed by atoms with Gasteiger partial charge in [0.15, 0.2) is 0 Å². The van der Waals surface area contributed by atoms with Crippen molar-refractivity contribution in [2.24, 2.45) is 11.8 Å². The van der Waals surface area contributed by atoms with Crippen molar-refractivity contribution >= 4 is 0 Å². The Morgan fingerprint density at radius 2 is 2.33 bits per heavy atom. The number of hydrogen-bond acceptors (Lipinski definition) is 2. The second-order valence-electron chi connectivity index (χ2n) is 4.73. The Bertz CT molecular complexity index is 268. The van der Waals surface area contributed by atoms with Crippen LogP contribution in [0, 0.1) is 11.8 Å². The lowest BCUT2D eigenvalue weighted by molar-refractivity contribution is 0.247. The second kappa shape index (κ2) is 5.31. The summed E-state index contributed by atoms with van der Waals surface area (Å²) in [6.45, 7) is 4.46. The highest BCUT2D eigenvalue weighted by Gasteiger charge is 2.20. The Kier molecular flexibility index (Phi) is 3.78.